The van der Waals surface area contributed by atoms with E-state index in [-0.39, 0.29) is 25.2 Å². The lowest BCUT2D eigenvalue weighted by molar-refractivity contribution is -0.161. The van der Waals surface area contributed by atoms with Gasteiger partial charge >= 0.3 is 11.9 Å². The molecule has 0 aromatic rings. The number of allylic oxidation sites excluding steroid dienone is 6. The molecule has 0 aliphatic carbocycles. The molecule has 0 aliphatic rings. The molecule has 0 saturated heterocycles. The lowest BCUT2D eigenvalue weighted by Gasteiger charge is -2.15. The zero-order valence-corrected chi connectivity index (χ0v) is 36.0. The number of hydrogen-bond acceptors (Lipinski definition) is 5. The molecule has 0 unspecified atom stereocenters. The molecule has 0 aromatic carbocycles. The number of carbonyl (C=O) groups excluding carboxylic acids is 2. The first-order chi connectivity index (χ1) is 26.6. The Kier molecular flexibility index (Phi) is 43.9. The van der Waals surface area contributed by atoms with Gasteiger partial charge in [-0.15, -0.1) is 0 Å². The lowest BCUT2D eigenvalue weighted by atomic mass is 10.0. The number of aliphatic hydroxyl groups is 1. The Labute approximate surface area is 336 Å². The molecule has 5 heteroatoms. The summed E-state index contributed by atoms with van der Waals surface area (Å²) in [6.07, 6.45) is 56.6. The minimum atomic E-state index is -0.788. The Balaban J connectivity index is 3.55. The molecule has 0 spiro atoms. The Morgan fingerprint density at radius 1 is 0.407 bits per heavy atom. The van der Waals surface area contributed by atoms with E-state index in [1.165, 1.54) is 173 Å². The summed E-state index contributed by atoms with van der Waals surface area (Å²) in [5.41, 5.74) is 0. The highest BCUT2D eigenvalue weighted by molar-refractivity contribution is 5.70. The number of carbonyl (C=O) groups is 2. The Morgan fingerprint density at radius 2 is 0.722 bits per heavy atom. The van der Waals surface area contributed by atoms with Crippen LogP contribution in [0.2, 0.25) is 0 Å². The smallest absolute Gasteiger partial charge is 0.306 e. The van der Waals surface area contributed by atoms with E-state index in [1.54, 1.807) is 0 Å². The van der Waals surface area contributed by atoms with E-state index in [0.717, 1.165) is 44.9 Å². The summed E-state index contributed by atoms with van der Waals surface area (Å²) in [6, 6.07) is 0. The number of aliphatic hydroxyl groups excluding tert-OH is 1. The Bertz CT molecular complexity index is 862. The zero-order valence-electron chi connectivity index (χ0n) is 36.0. The highest BCUT2D eigenvalue weighted by Crippen LogP contribution is 2.15. The first kappa shape index (κ1) is 52.1. The van der Waals surface area contributed by atoms with Crippen LogP contribution in [0.15, 0.2) is 36.5 Å². The van der Waals surface area contributed by atoms with E-state index in [1.807, 2.05) is 0 Å². The third-order valence-corrected chi connectivity index (χ3v) is 10.4. The van der Waals surface area contributed by atoms with Gasteiger partial charge in [0.2, 0.25) is 0 Å². The molecule has 0 aliphatic heterocycles. The van der Waals surface area contributed by atoms with Crippen molar-refractivity contribution in [2.75, 3.05) is 13.2 Å². The van der Waals surface area contributed by atoms with Crippen molar-refractivity contribution in [3.8, 4) is 0 Å². The van der Waals surface area contributed by atoms with Crippen LogP contribution >= 0.6 is 0 Å². The standard InChI is InChI=1S/C49H90O5/c1-3-5-7-9-11-13-15-17-19-21-22-23-24-25-26-28-29-31-33-35-37-39-41-43-48(51)53-46-47(45-50)54-49(52)44-42-40-38-36-34-32-30-27-20-18-16-14-12-10-8-6-4-2/h18,20,28-29,35,37,47,50H,3-17,19,21-27,30-34,36,38-46H2,1-2H3/b20-18+,29-28+,37-35+/t47-/m0/s1. The van der Waals surface area contributed by atoms with Crippen molar-refractivity contribution >= 4 is 11.9 Å². The quantitative estimate of drug-likeness (QED) is 0.0381. The summed E-state index contributed by atoms with van der Waals surface area (Å²) in [5.74, 6) is -0.638. The van der Waals surface area contributed by atoms with Crippen molar-refractivity contribution in [3.05, 3.63) is 36.5 Å². The van der Waals surface area contributed by atoms with Gasteiger partial charge in [-0.1, -0.05) is 198 Å². The Hall–Kier alpha value is -1.88. The summed E-state index contributed by atoms with van der Waals surface area (Å²) < 4.78 is 10.6. The van der Waals surface area contributed by atoms with E-state index in [0.29, 0.717) is 12.8 Å². The zero-order chi connectivity index (χ0) is 39.3. The van der Waals surface area contributed by atoms with Gasteiger partial charge in [-0.25, -0.2) is 0 Å². The van der Waals surface area contributed by atoms with Crippen LogP contribution in [0.1, 0.15) is 245 Å². The molecular formula is C49H90O5. The van der Waals surface area contributed by atoms with Crippen LogP contribution in [0.5, 0.6) is 0 Å². The predicted octanol–water partition coefficient (Wildman–Crippen LogP) is 15.2. The molecule has 0 fully saturated rings. The Morgan fingerprint density at radius 3 is 1.11 bits per heavy atom. The van der Waals surface area contributed by atoms with Gasteiger partial charge in [0.15, 0.2) is 6.10 Å². The van der Waals surface area contributed by atoms with Gasteiger partial charge in [-0.3, -0.25) is 9.59 Å². The SMILES string of the molecule is CCCCCCCC/C=C/CCCCCCCCCC(=O)O[C@@H](CO)COC(=O)CCC/C=C/CC/C=C/CCCCCCCCCCCCCCCC. The second-order valence-corrected chi connectivity index (χ2v) is 15.8. The fourth-order valence-electron chi connectivity index (χ4n) is 6.81. The summed E-state index contributed by atoms with van der Waals surface area (Å²) in [4.78, 5) is 24.3. The predicted molar refractivity (Wildman–Crippen MR) is 233 cm³/mol. The fourth-order valence-corrected chi connectivity index (χ4v) is 6.81. The summed E-state index contributed by atoms with van der Waals surface area (Å²) in [7, 11) is 0. The normalized spacial score (nSPS) is 12.4. The van der Waals surface area contributed by atoms with Gasteiger partial charge in [-0.05, 0) is 70.6 Å². The second-order valence-electron chi connectivity index (χ2n) is 15.8. The molecule has 0 amide bonds. The maximum Gasteiger partial charge on any atom is 0.306 e. The topological polar surface area (TPSA) is 72.8 Å². The third kappa shape index (κ3) is 42.9. The van der Waals surface area contributed by atoms with Crippen molar-refractivity contribution in [1.82, 2.24) is 0 Å². The van der Waals surface area contributed by atoms with E-state index in [9.17, 15) is 14.7 Å². The van der Waals surface area contributed by atoms with E-state index < -0.39 is 6.10 Å². The fraction of sp³-hybridized carbons (Fsp3) is 0.837. The number of esters is 2. The molecule has 1 N–H and O–H groups in total. The van der Waals surface area contributed by atoms with E-state index in [4.69, 9.17) is 9.47 Å². The van der Waals surface area contributed by atoms with Gasteiger partial charge in [-0.2, -0.15) is 0 Å². The molecule has 0 rings (SSSR count). The van der Waals surface area contributed by atoms with Crippen molar-refractivity contribution in [2.45, 2.75) is 251 Å². The molecule has 0 radical (unpaired) electrons. The first-order valence-corrected chi connectivity index (χ1v) is 23.5. The molecule has 0 bridgehead atoms. The van der Waals surface area contributed by atoms with E-state index >= 15 is 0 Å². The number of unbranched alkanes of at least 4 members (excludes halogenated alkanes) is 29. The second kappa shape index (κ2) is 45.5. The molecule has 5 nitrogen and oxygen atoms in total. The van der Waals surface area contributed by atoms with Gasteiger partial charge in [0.25, 0.3) is 0 Å². The monoisotopic (exact) mass is 759 g/mol. The molecule has 0 saturated carbocycles. The minimum absolute atomic E-state index is 0.0865. The van der Waals surface area contributed by atoms with Crippen LogP contribution < -0.4 is 0 Å². The van der Waals surface area contributed by atoms with Crippen LogP contribution in [0, 0.1) is 0 Å². The van der Waals surface area contributed by atoms with Crippen molar-refractivity contribution < 1.29 is 24.2 Å². The molecule has 316 valence electrons. The van der Waals surface area contributed by atoms with Crippen LogP contribution in [-0.4, -0.2) is 36.4 Å². The number of hydrogen-bond donors (Lipinski definition) is 1. The average Bonchev–Trinajstić information content (AvgIpc) is 3.17. The average molecular weight is 759 g/mol. The van der Waals surface area contributed by atoms with Gasteiger partial charge in [0.1, 0.15) is 6.61 Å². The van der Waals surface area contributed by atoms with Gasteiger partial charge in [0, 0.05) is 12.8 Å². The highest BCUT2D eigenvalue weighted by Gasteiger charge is 2.16. The lowest BCUT2D eigenvalue weighted by Crippen LogP contribution is -2.28. The van der Waals surface area contributed by atoms with Crippen LogP contribution in [0.3, 0.4) is 0 Å². The summed E-state index contributed by atoms with van der Waals surface area (Å²) in [6.45, 7) is 4.12. The number of rotatable bonds is 43. The molecule has 0 aromatic heterocycles. The van der Waals surface area contributed by atoms with Crippen molar-refractivity contribution in [1.29, 1.82) is 0 Å². The molecule has 54 heavy (non-hydrogen) atoms. The van der Waals surface area contributed by atoms with E-state index in [2.05, 4.69) is 50.3 Å². The molecule has 1 atom stereocenters. The minimum Gasteiger partial charge on any atom is -0.462 e. The highest BCUT2D eigenvalue weighted by atomic mass is 16.6. The molecule has 0 heterocycles. The van der Waals surface area contributed by atoms with Crippen molar-refractivity contribution in [2.24, 2.45) is 0 Å². The van der Waals surface area contributed by atoms with Gasteiger partial charge in [0.05, 0.1) is 6.61 Å². The van der Waals surface area contributed by atoms with Gasteiger partial charge < -0.3 is 14.6 Å². The third-order valence-electron chi connectivity index (χ3n) is 10.4. The largest absolute Gasteiger partial charge is 0.462 e. The summed E-state index contributed by atoms with van der Waals surface area (Å²) >= 11 is 0. The molecular weight excluding hydrogens is 669 g/mol. The van der Waals surface area contributed by atoms with Crippen LogP contribution in [0.4, 0.5) is 0 Å². The van der Waals surface area contributed by atoms with Crippen LogP contribution in [0.25, 0.3) is 0 Å². The van der Waals surface area contributed by atoms with Crippen molar-refractivity contribution in [3.63, 3.8) is 0 Å². The number of ether oxygens (including phenoxy) is 2. The maximum atomic E-state index is 12.2. The maximum absolute atomic E-state index is 12.2. The van der Waals surface area contributed by atoms with Crippen LogP contribution in [-0.2, 0) is 19.1 Å². The summed E-state index contributed by atoms with van der Waals surface area (Å²) in [5, 5.41) is 9.59. The first-order valence-electron chi connectivity index (χ1n) is 23.5.